The maximum atomic E-state index is 12.3. The van der Waals surface area contributed by atoms with E-state index in [2.05, 4.69) is 13.2 Å². The summed E-state index contributed by atoms with van der Waals surface area (Å²) in [7, 11) is 0. The molecule has 6 heteroatoms. The van der Waals surface area contributed by atoms with Crippen LogP contribution in [0.2, 0.25) is 0 Å². The van der Waals surface area contributed by atoms with Crippen LogP contribution >= 0.6 is 0 Å². The smallest absolute Gasteiger partial charge is 0.247 e. The third-order valence-corrected chi connectivity index (χ3v) is 3.67. The zero-order valence-electron chi connectivity index (χ0n) is 11.5. The molecule has 1 aliphatic carbocycles. The van der Waals surface area contributed by atoms with E-state index in [1.54, 1.807) is 0 Å². The summed E-state index contributed by atoms with van der Waals surface area (Å²) in [5.41, 5.74) is -1.70. The number of hydrogen-bond acceptors (Lipinski definition) is 3. The molecule has 1 aliphatic rings. The quantitative estimate of drug-likeness (QED) is 0.704. The van der Waals surface area contributed by atoms with E-state index in [0.717, 1.165) is 33.0 Å². The molecule has 1 aromatic heterocycles. The fourth-order valence-electron chi connectivity index (χ4n) is 2.34. The van der Waals surface area contributed by atoms with Crippen LogP contribution in [-0.2, 0) is 19.6 Å². The Kier molecular flexibility index (Phi) is 4.22. The summed E-state index contributed by atoms with van der Waals surface area (Å²) in [5.74, 6) is 0.354. The summed E-state index contributed by atoms with van der Waals surface area (Å²) in [6.45, 7) is 7.65. The lowest BCUT2D eigenvalue weighted by molar-refractivity contribution is 0.261. The molecular formula is C14H19N3O3. The third kappa shape index (κ3) is 2.45. The average Bonchev–Trinajstić information content (AvgIpc) is 2.37. The summed E-state index contributed by atoms with van der Waals surface area (Å²) < 4.78 is 3.24. The van der Waals surface area contributed by atoms with E-state index in [1.165, 1.54) is 12.2 Å². The lowest BCUT2D eigenvalue weighted by Crippen LogP contribution is -2.55. The van der Waals surface area contributed by atoms with Crippen molar-refractivity contribution in [3.8, 4) is 0 Å². The number of rotatable bonds is 6. The highest BCUT2D eigenvalue weighted by Gasteiger charge is 2.22. The second kappa shape index (κ2) is 5.90. The van der Waals surface area contributed by atoms with E-state index in [1.807, 2.05) is 0 Å². The Morgan fingerprint density at radius 3 is 1.70 bits per heavy atom. The predicted molar refractivity (Wildman–Crippen MR) is 77.0 cm³/mol. The van der Waals surface area contributed by atoms with Crippen molar-refractivity contribution in [3.05, 3.63) is 56.8 Å². The molecule has 108 valence electrons. The Morgan fingerprint density at radius 1 is 0.900 bits per heavy atom. The zero-order chi connectivity index (χ0) is 14.7. The molecule has 0 atom stereocenters. The van der Waals surface area contributed by atoms with E-state index in [-0.39, 0.29) is 13.1 Å². The first kappa shape index (κ1) is 14.3. The van der Waals surface area contributed by atoms with Gasteiger partial charge in [0.15, 0.2) is 0 Å². The average molecular weight is 277 g/mol. The van der Waals surface area contributed by atoms with Gasteiger partial charge in [0.25, 0.3) is 0 Å². The molecule has 0 amide bonds. The molecule has 0 radical (unpaired) electrons. The van der Waals surface area contributed by atoms with Gasteiger partial charge in [-0.1, -0.05) is 18.6 Å². The van der Waals surface area contributed by atoms with Gasteiger partial charge < -0.3 is 0 Å². The van der Waals surface area contributed by atoms with Crippen molar-refractivity contribution in [2.45, 2.75) is 38.9 Å². The second-order valence-electron chi connectivity index (χ2n) is 5.05. The van der Waals surface area contributed by atoms with Crippen molar-refractivity contribution in [2.75, 3.05) is 0 Å². The fraction of sp³-hybridized carbons (Fsp3) is 0.500. The van der Waals surface area contributed by atoms with Crippen molar-refractivity contribution >= 4 is 0 Å². The van der Waals surface area contributed by atoms with Crippen LogP contribution in [0.1, 0.15) is 19.3 Å². The highest BCUT2D eigenvalue weighted by Crippen LogP contribution is 2.26. The standard InChI is InChI=1S/C14H19N3O3/c1-3-8-15-12(18)16(9-4-2)14(20)17(13(15)19)10-11-6-5-7-11/h3-4,11H,1-2,5-10H2. The molecule has 20 heavy (non-hydrogen) atoms. The molecule has 1 fully saturated rings. The van der Waals surface area contributed by atoms with E-state index < -0.39 is 17.1 Å². The van der Waals surface area contributed by atoms with Crippen LogP contribution in [0.4, 0.5) is 0 Å². The van der Waals surface area contributed by atoms with Crippen LogP contribution < -0.4 is 17.1 Å². The number of nitrogens with zero attached hydrogens (tertiary/aromatic N) is 3. The molecule has 6 nitrogen and oxygen atoms in total. The molecule has 0 aliphatic heterocycles. The summed E-state index contributed by atoms with van der Waals surface area (Å²) in [6, 6.07) is 0. The first-order valence-electron chi connectivity index (χ1n) is 6.76. The van der Waals surface area contributed by atoms with Crippen LogP contribution in [0.3, 0.4) is 0 Å². The number of hydrogen-bond donors (Lipinski definition) is 0. The maximum absolute atomic E-state index is 12.3. The first-order chi connectivity index (χ1) is 9.60. The fourth-order valence-corrected chi connectivity index (χ4v) is 2.34. The monoisotopic (exact) mass is 277 g/mol. The number of allylic oxidation sites excluding steroid dienone is 2. The van der Waals surface area contributed by atoms with Gasteiger partial charge in [-0.25, -0.2) is 28.1 Å². The Balaban J connectivity index is 2.61. The predicted octanol–water partition coefficient (Wildman–Crippen LogP) is 0.344. The Morgan fingerprint density at radius 2 is 1.35 bits per heavy atom. The molecule has 0 aromatic carbocycles. The molecule has 0 N–H and O–H groups in total. The topological polar surface area (TPSA) is 66.0 Å². The van der Waals surface area contributed by atoms with Gasteiger partial charge in [-0.2, -0.15) is 0 Å². The maximum Gasteiger partial charge on any atom is 0.336 e. The Labute approximate surface area is 116 Å². The van der Waals surface area contributed by atoms with E-state index >= 15 is 0 Å². The molecule has 1 saturated carbocycles. The van der Waals surface area contributed by atoms with Gasteiger partial charge in [0.2, 0.25) is 0 Å². The number of aromatic nitrogens is 3. The van der Waals surface area contributed by atoms with Crippen molar-refractivity contribution in [1.29, 1.82) is 0 Å². The van der Waals surface area contributed by atoms with Crippen molar-refractivity contribution < 1.29 is 0 Å². The summed E-state index contributed by atoms with van der Waals surface area (Å²) >= 11 is 0. The largest absolute Gasteiger partial charge is 0.336 e. The summed E-state index contributed by atoms with van der Waals surface area (Å²) in [6.07, 6.45) is 6.12. The van der Waals surface area contributed by atoms with Crippen LogP contribution in [0.25, 0.3) is 0 Å². The molecule has 2 rings (SSSR count). The Hall–Kier alpha value is -2.11. The molecule has 0 spiro atoms. The van der Waals surface area contributed by atoms with E-state index in [4.69, 9.17) is 0 Å². The van der Waals surface area contributed by atoms with Crippen LogP contribution in [0.5, 0.6) is 0 Å². The van der Waals surface area contributed by atoms with Crippen molar-refractivity contribution in [1.82, 2.24) is 13.7 Å². The minimum Gasteiger partial charge on any atom is -0.247 e. The lowest BCUT2D eigenvalue weighted by Gasteiger charge is -2.25. The Bertz CT molecular complexity index is 641. The molecule has 1 aromatic rings. The highest BCUT2D eigenvalue weighted by atomic mass is 16.2. The molecular weight excluding hydrogens is 258 g/mol. The van der Waals surface area contributed by atoms with E-state index in [9.17, 15) is 14.4 Å². The van der Waals surface area contributed by atoms with Crippen molar-refractivity contribution in [2.24, 2.45) is 5.92 Å². The molecule has 0 bridgehead atoms. The van der Waals surface area contributed by atoms with Gasteiger partial charge in [0.1, 0.15) is 0 Å². The van der Waals surface area contributed by atoms with Gasteiger partial charge >= 0.3 is 17.1 Å². The molecule has 1 heterocycles. The molecule has 0 saturated heterocycles. The summed E-state index contributed by atoms with van der Waals surface area (Å²) in [5, 5.41) is 0. The minimum absolute atomic E-state index is 0.0970. The minimum atomic E-state index is -0.607. The normalized spacial score (nSPS) is 14.8. The van der Waals surface area contributed by atoms with Crippen LogP contribution in [-0.4, -0.2) is 13.7 Å². The van der Waals surface area contributed by atoms with Gasteiger partial charge in [0.05, 0.1) is 13.1 Å². The summed E-state index contributed by atoms with van der Waals surface area (Å²) in [4.78, 5) is 36.7. The van der Waals surface area contributed by atoms with Gasteiger partial charge in [-0.05, 0) is 18.8 Å². The van der Waals surface area contributed by atoms with Crippen molar-refractivity contribution in [3.63, 3.8) is 0 Å². The first-order valence-corrected chi connectivity index (χ1v) is 6.76. The van der Waals surface area contributed by atoms with E-state index in [0.29, 0.717) is 12.5 Å². The van der Waals surface area contributed by atoms with Gasteiger partial charge in [-0.3, -0.25) is 0 Å². The zero-order valence-corrected chi connectivity index (χ0v) is 11.5. The second-order valence-corrected chi connectivity index (χ2v) is 5.05. The van der Waals surface area contributed by atoms with Crippen LogP contribution in [0, 0.1) is 5.92 Å². The molecule has 0 unspecified atom stereocenters. The van der Waals surface area contributed by atoms with Crippen LogP contribution in [0.15, 0.2) is 39.7 Å². The SMILES string of the molecule is C=CCn1c(=O)n(CC=C)c(=O)n(CC2CCC2)c1=O. The van der Waals surface area contributed by atoms with Gasteiger partial charge in [-0.15, -0.1) is 13.2 Å². The highest BCUT2D eigenvalue weighted by molar-refractivity contribution is 4.85. The van der Waals surface area contributed by atoms with Gasteiger partial charge in [0, 0.05) is 6.54 Å². The lowest BCUT2D eigenvalue weighted by atomic mass is 9.85. The third-order valence-electron chi connectivity index (χ3n) is 3.67.